The number of amides is 4. The lowest BCUT2D eigenvalue weighted by Crippen LogP contribution is -2.53. The number of nitrogens with two attached hydrogens (primary N) is 1. The van der Waals surface area contributed by atoms with E-state index in [2.05, 4.69) is 17.5 Å². The van der Waals surface area contributed by atoms with E-state index in [4.69, 9.17) is 19.9 Å². The SMILES string of the molecule is CCOC(=O)[C@H]1CC1/C=C\CCCCC[C@H](NC(=O)OC(C)(C)C)C(=O)N1C[C@H](OC(=O)N2Cc3cccc(F)c3C2)C[C@H]1C(N)=O. The molecule has 1 aromatic carbocycles. The monoisotopic (exact) mass is 658 g/mol. The van der Waals surface area contributed by atoms with Crippen LogP contribution in [0.1, 0.15) is 83.8 Å². The van der Waals surface area contributed by atoms with Crippen molar-refractivity contribution in [2.45, 2.75) is 110 Å². The quantitative estimate of drug-likeness (QED) is 0.137. The van der Waals surface area contributed by atoms with Crippen LogP contribution in [-0.4, -0.2) is 76.7 Å². The second kappa shape index (κ2) is 15.6. The third-order valence-corrected chi connectivity index (χ3v) is 8.49. The number of rotatable bonds is 13. The van der Waals surface area contributed by atoms with Crippen molar-refractivity contribution >= 4 is 30.0 Å². The zero-order chi connectivity index (χ0) is 34.3. The van der Waals surface area contributed by atoms with Gasteiger partial charge in [0.15, 0.2) is 0 Å². The second-order valence-corrected chi connectivity index (χ2v) is 13.4. The van der Waals surface area contributed by atoms with Gasteiger partial charge in [0.2, 0.25) is 11.8 Å². The maximum absolute atomic E-state index is 14.2. The third kappa shape index (κ3) is 9.92. The summed E-state index contributed by atoms with van der Waals surface area (Å²) in [4.78, 5) is 66.3. The van der Waals surface area contributed by atoms with Gasteiger partial charge < -0.3 is 30.2 Å². The van der Waals surface area contributed by atoms with Crippen molar-refractivity contribution in [3.8, 4) is 0 Å². The molecular weight excluding hydrogens is 611 g/mol. The number of hydrogen-bond acceptors (Lipinski definition) is 8. The molecular formula is C34H47FN4O8. The normalized spacial score (nSPS) is 22.5. The van der Waals surface area contributed by atoms with Crippen molar-refractivity contribution < 1.29 is 42.6 Å². The Morgan fingerprint density at radius 2 is 1.87 bits per heavy atom. The smallest absolute Gasteiger partial charge is 0.410 e. The maximum Gasteiger partial charge on any atom is 0.410 e. The summed E-state index contributed by atoms with van der Waals surface area (Å²) in [5.41, 5.74) is 5.99. The number of likely N-dealkylation sites (tertiary alicyclic amines) is 1. The number of fused-ring (bicyclic) bond motifs is 1. The zero-order valence-electron chi connectivity index (χ0n) is 27.7. The molecule has 1 aromatic rings. The summed E-state index contributed by atoms with van der Waals surface area (Å²) in [6.45, 7) is 7.47. The fourth-order valence-electron chi connectivity index (χ4n) is 6.04. The molecule has 4 rings (SSSR count). The molecule has 3 N–H and O–H groups in total. The molecule has 5 atom stereocenters. The Hall–Kier alpha value is -4.16. The Labute approximate surface area is 275 Å². The Kier molecular flexibility index (Phi) is 11.9. The van der Waals surface area contributed by atoms with Gasteiger partial charge in [0.1, 0.15) is 29.6 Å². The molecule has 12 nitrogen and oxygen atoms in total. The van der Waals surface area contributed by atoms with Crippen LogP contribution in [0.25, 0.3) is 0 Å². The molecule has 1 saturated heterocycles. The van der Waals surface area contributed by atoms with Gasteiger partial charge >= 0.3 is 18.2 Å². The van der Waals surface area contributed by atoms with E-state index in [-0.39, 0.29) is 43.9 Å². The van der Waals surface area contributed by atoms with E-state index < -0.39 is 53.6 Å². The minimum Gasteiger partial charge on any atom is -0.466 e. The van der Waals surface area contributed by atoms with E-state index in [1.165, 1.54) is 15.9 Å². The molecule has 0 radical (unpaired) electrons. The van der Waals surface area contributed by atoms with E-state index in [0.29, 0.717) is 30.6 Å². The van der Waals surface area contributed by atoms with Crippen LogP contribution in [-0.2, 0) is 41.7 Å². The highest BCUT2D eigenvalue weighted by molar-refractivity contribution is 5.91. The third-order valence-electron chi connectivity index (χ3n) is 8.49. The molecule has 47 heavy (non-hydrogen) atoms. The average Bonchev–Trinajstić information content (AvgIpc) is 3.41. The van der Waals surface area contributed by atoms with Crippen LogP contribution in [0.2, 0.25) is 0 Å². The molecule has 1 aliphatic carbocycles. The summed E-state index contributed by atoms with van der Waals surface area (Å²) in [6, 6.07) is 2.63. The predicted octanol–water partition coefficient (Wildman–Crippen LogP) is 4.33. The van der Waals surface area contributed by atoms with Gasteiger partial charge in [-0.25, -0.2) is 14.0 Å². The zero-order valence-corrected chi connectivity index (χ0v) is 27.7. The summed E-state index contributed by atoms with van der Waals surface area (Å²) in [7, 11) is 0. The maximum atomic E-state index is 14.2. The van der Waals surface area contributed by atoms with E-state index in [1.807, 2.05) is 0 Å². The Balaban J connectivity index is 1.32. The first kappa shape index (κ1) is 35.7. The molecule has 258 valence electrons. The number of carbonyl (C=O) groups excluding carboxylic acids is 5. The summed E-state index contributed by atoms with van der Waals surface area (Å²) in [5, 5.41) is 2.66. The molecule has 2 heterocycles. The van der Waals surface area contributed by atoms with Crippen LogP contribution in [0, 0.1) is 17.7 Å². The predicted molar refractivity (Wildman–Crippen MR) is 169 cm³/mol. The van der Waals surface area contributed by atoms with Crippen molar-refractivity contribution in [1.29, 1.82) is 0 Å². The highest BCUT2D eigenvalue weighted by Crippen LogP contribution is 2.40. The van der Waals surface area contributed by atoms with Crippen molar-refractivity contribution in [2.24, 2.45) is 17.6 Å². The van der Waals surface area contributed by atoms with E-state index >= 15 is 0 Å². The number of alkyl carbamates (subject to hydrolysis) is 1. The van der Waals surface area contributed by atoms with Crippen LogP contribution < -0.4 is 11.1 Å². The number of carbonyl (C=O) groups is 5. The van der Waals surface area contributed by atoms with Gasteiger partial charge in [0, 0.05) is 18.5 Å². The fraction of sp³-hybridized carbons (Fsp3) is 0.618. The number of halogens is 1. The number of allylic oxidation sites excluding steroid dienone is 2. The minimum atomic E-state index is -1.04. The first-order valence-corrected chi connectivity index (χ1v) is 16.4. The molecule has 0 spiro atoms. The average molecular weight is 659 g/mol. The van der Waals surface area contributed by atoms with Crippen LogP contribution in [0.15, 0.2) is 30.4 Å². The first-order valence-electron chi connectivity index (χ1n) is 16.4. The molecule has 13 heteroatoms. The van der Waals surface area contributed by atoms with Gasteiger partial charge in [-0.2, -0.15) is 0 Å². The lowest BCUT2D eigenvalue weighted by Gasteiger charge is -2.28. The number of hydrogen-bond donors (Lipinski definition) is 2. The van der Waals surface area contributed by atoms with Crippen LogP contribution >= 0.6 is 0 Å². The molecule has 1 unspecified atom stereocenters. The number of unbranched alkanes of at least 4 members (excludes halogenated alkanes) is 3. The second-order valence-electron chi connectivity index (χ2n) is 13.4. The number of ether oxygens (including phenoxy) is 3. The van der Waals surface area contributed by atoms with E-state index in [0.717, 1.165) is 25.7 Å². The van der Waals surface area contributed by atoms with Crippen LogP contribution in [0.4, 0.5) is 14.0 Å². The summed E-state index contributed by atoms with van der Waals surface area (Å²) in [6.07, 6.45) is 5.99. The highest BCUT2D eigenvalue weighted by atomic mass is 19.1. The number of esters is 1. The largest absolute Gasteiger partial charge is 0.466 e. The van der Waals surface area contributed by atoms with Crippen LogP contribution in [0.5, 0.6) is 0 Å². The number of primary amides is 1. The summed E-state index contributed by atoms with van der Waals surface area (Å²) < 4.78 is 30.3. The number of nitrogens with zero attached hydrogens (tertiary/aromatic N) is 2. The van der Waals surface area contributed by atoms with Crippen LogP contribution in [0.3, 0.4) is 0 Å². The summed E-state index contributed by atoms with van der Waals surface area (Å²) in [5.74, 6) is -1.64. The van der Waals surface area contributed by atoms with Gasteiger partial charge in [0.05, 0.1) is 25.6 Å². The standard InChI is InChI=1S/C34H47FN4O8/c1-5-45-31(42)24-16-21(24)12-9-7-6-8-10-15-27(37-32(43)47-34(2,3)4)30(41)39-19-23(17-28(39)29(36)40)46-33(44)38-18-22-13-11-14-26(35)25(22)20-38/h9,11-14,21,23-24,27-28H,5-8,10,15-20H2,1-4H3,(H2,36,40)(H,37,43)/b12-9-/t21?,23-,24+,27+,28+/m1/s1. The molecule has 2 aliphatic heterocycles. The Morgan fingerprint density at radius 3 is 2.55 bits per heavy atom. The number of benzene rings is 1. The molecule has 3 aliphatic rings. The molecule has 4 amide bonds. The number of nitrogens with one attached hydrogen (secondary N) is 1. The van der Waals surface area contributed by atoms with Gasteiger partial charge in [-0.05, 0) is 70.9 Å². The lowest BCUT2D eigenvalue weighted by atomic mass is 10.0. The van der Waals surface area contributed by atoms with Gasteiger partial charge in [0.25, 0.3) is 0 Å². The molecule has 1 saturated carbocycles. The highest BCUT2D eigenvalue weighted by Gasteiger charge is 2.44. The van der Waals surface area contributed by atoms with Gasteiger partial charge in [-0.15, -0.1) is 0 Å². The Bertz CT molecular complexity index is 1360. The van der Waals surface area contributed by atoms with E-state index in [1.54, 1.807) is 39.8 Å². The van der Waals surface area contributed by atoms with Crippen molar-refractivity contribution in [3.63, 3.8) is 0 Å². The molecule has 0 bridgehead atoms. The van der Waals surface area contributed by atoms with E-state index in [9.17, 15) is 28.4 Å². The Morgan fingerprint density at radius 1 is 1.11 bits per heavy atom. The minimum absolute atomic E-state index is 0.00543. The van der Waals surface area contributed by atoms with Gasteiger partial charge in [-0.3, -0.25) is 19.3 Å². The lowest BCUT2D eigenvalue weighted by molar-refractivity contribution is -0.144. The molecule has 0 aromatic heterocycles. The fourth-order valence-corrected chi connectivity index (χ4v) is 6.04. The van der Waals surface area contributed by atoms with Crippen molar-refractivity contribution in [1.82, 2.24) is 15.1 Å². The topological polar surface area (TPSA) is 158 Å². The summed E-state index contributed by atoms with van der Waals surface area (Å²) >= 11 is 0. The van der Waals surface area contributed by atoms with Crippen molar-refractivity contribution in [2.75, 3.05) is 13.2 Å². The first-order chi connectivity index (χ1) is 22.3. The molecule has 2 fully saturated rings. The van der Waals surface area contributed by atoms with Crippen molar-refractivity contribution in [3.05, 3.63) is 47.3 Å². The van der Waals surface area contributed by atoms with Gasteiger partial charge in [-0.1, -0.05) is 37.1 Å².